The predicted molar refractivity (Wildman–Crippen MR) is 75.8 cm³/mol. The number of nitrogens with two attached hydrogens (primary N) is 1. The number of anilines is 1. The van der Waals surface area contributed by atoms with Crippen LogP contribution in [0.15, 0.2) is 6.20 Å². The number of rotatable bonds is 5. The van der Waals surface area contributed by atoms with Crippen molar-refractivity contribution in [2.75, 3.05) is 18.5 Å². The molecule has 6 heteroatoms. The van der Waals surface area contributed by atoms with Gasteiger partial charge in [-0.3, -0.25) is 4.79 Å². The van der Waals surface area contributed by atoms with Crippen molar-refractivity contribution in [3.63, 3.8) is 0 Å². The third-order valence-electron chi connectivity index (χ3n) is 2.52. The van der Waals surface area contributed by atoms with Gasteiger partial charge < -0.3 is 11.1 Å². The zero-order chi connectivity index (χ0) is 13.7. The summed E-state index contributed by atoms with van der Waals surface area (Å²) in [4.78, 5) is 20.3. The summed E-state index contributed by atoms with van der Waals surface area (Å²) in [6.45, 7) is 6.60. The molecule has 0 aromatic carbocycles. The molecule has 5 nitrogen and oxygen atoms in total. The summed E-state index contributed by atoms with van der Waals surface area (Å²) in [5, 5.41) is 3.19. The van der Waals surface area contributed by atoms with Crippen molar-refractivity contribution in [2.45, 2.75) is 31.9 Å². The molecule has 1 atom stereocenters. The molecule has 0 bridgehead atoms. The minimum atomic E-state index is -0.238. The highest BCUT2D eigenvalue weighted by molar-refractivity contribution is 7.99. The highest BCUT2D eigenvalue weighted by atomic mass is 32.2. The summed E-state index contributed by atoms with van der Waals surface area (Å²) in [6.07, 6.45) is 3.50. The Hall–Kier alpha value is -1.30. The zero-order valence-electron chi connectivity index (χ0n) is 11.2. The summed E-state index contributed by atoms with van der Waals surface area (Å²) in [7, 11) is 0. The molecule has 0 saturated heterocycles. The lowest BCUT2D eigenvalue weighted by molar-refractivity contribution is 0.0949. The summed E-state index contributed by atoms with van der Waals surface area (Å²) in [5.74, 6) is 0.562. The van der Waals surface area contributed by atoms with Crippen LogP contribution in [0.3, 0.4) is 0 Å². The van der Waals surface area contributed by atoms with Gasteiger partial charge in [0.1, 0.15) is 5.82 Å². The van der Waals surface area contributed by atoms with E-state index in [0.717, 1.165) is 0 Å². The Morgan fingerprint density at radius 3 is 2.72 bits per heavy atom. The quantitative estimate of drug-likeness (QED) is 0.849. The molecule has 0 saturated carbocycles. The maximum absolute atomic E-state index is 12.0. The largest absolute Gasteiger partial charge is 0.396 e. The summed E-state index contributed by atoms with van der Waals surface area (Å²) in [6, 6.07) is 0. The minimum Gasteiger partial charge on any atom is -0.396 e. The van der Waals surface area contributed by atoms with Crippen LogP contribution in [-0.4, -0.2) is 33.9 Å². The lowest BCUT2D eigenvalue weighted by Crippen LogP contribution is -2.31. The van der Waals surface area contributed by atoms with Crippen molar-refractivity contribution in [2.24, 2.45) is 0 Å². The van der Waals surface area contributed by atoms with Crippen LogP contribution >= 0.6 is 11.8 Å². The third-order valence-corrected chi connectivity index (χ3v) is 3.49. The second-order valence-corrected chi connectivity index (χ2v) is 5.72. The van der Waals surface area contributed by atoms with E-state index in [0.29, 0.717) is 23.3 Å². The number of amides is 1. The van der Waals surface area contributed by atoms with Crippen LogP contribution in [-0.2, 0) is 0 Å². The Morgan fingerprint density at radius 1 is 1.50 bits per heavy atom. The summed E-state index contributed by atoms with van der Waals surface area (Å²) in [5.41, 5.74) is 6.32. The molecule has 0 aliphatic heterocycles. The molecule has 0 fully saturated rings. The minimum absolute atomic E-state index is 0.169. The molecule has 18 heavy (non-hydrogen) atoms. The molecule has 1 unspecified atom stereocenters. The van der Waals surface area contributed by atoms with E-state index in [9.17, 15) is 4.79 Å². The fourth-order valence-electron chi connectivity index (χ4n) is 1.27. The molecule has 100 valence electrons. The fraction of sp³-hybridized carbons (Fsp3) is 0.583. The Balaban J connectivity index is 2.81. The zero-order valence-corrected chi connectivity index (χ0v) is 12.0. The Morgan fingerprint density at radius 2 is 2.17 bits per heavy atom. The van der Waals surface area contributed by atoms with Crippen molar-refractivity contribution >= 4 is 23.4 Å². The molecule has 1 heterocycles. The van der Waals surface area contributed by atoms with Crippen molar-refractivity contribution < 1.29 is 4.79 Å². The topological polar surface area (TPSA) is 80.9 Å². The smallest absolute Gasteiger partial charge is 0.272 e. The Bertz CT molecular complexity index is 423. The average Bonchev–Trinajstić information content (AvgIpc) is 2.35. The van der Waals surface area contributed by atoms with Gasteiger partial charge in [0.05, 0.1) is 11.9 Å². The first-order chi connectivity index (χ1) is 8.45. The number of nitrogens with one attached hydrogen (secondary N) is 1. The van der Waals surface area contributed by atoms with Gasteiger partial charge in [0.15, 0.2) is 5.69 Å². The van der Waals surface area contributed by atoms with Gasteiger partial charge in [-0.2, -0.15) is 11.8 Å². The maximum Gasteiger partial charge on any atom is 0.272 e. The van der Waals surface area contributed by atoms with E-state index in [1.807, 2.05) is 27.0 Å². The molecule has 1 aromatic rings. The number of hydrogen-bond donors (Lipinski definition) is 2. The van der Waals surface area contributed by atoms with E-state index in [4.69, 9.17) is 5.73 Å². The van der Waals surface area contributed by atoms with E-state index in [1.165, 1.54) is 6.20 Å². The highest BCUT2D eigenvalue weighted by Gasteiger charge is 2.15. The molecule has 0 radical (unpaired) electrons. The molecule has 0 aliphatic rings. The van der Waals surface area contributed by atoms with Gasteiger partial charge >= 0.3 is 0 Å². The van der Waals surface area contributed by atoms with Crippen molar-refractivity contribution in [3.05, 3.63) is 17.7 Å². The molecular weight excluding hydrogens is 248 g/mol. The number of nitrogens with zero attached hydrogens (tertiary/aromatic N) is 2. The number of aromatic nitrogens is 2. The Labute approximate surface area is 112 Å². The molecule has 0 spiro atoms. The predicted octanol–water partition coefficient (Wildman–Crippen LogP) is 1.66. The highest BCUT2D eigenvalue weighted by Crippen LogP contribution is 2.13. The second kappa shape index (κ2) is 6.58. The first kappa shape index (κ1) is 14.8. The second-order valence-electron chi connectivity index (χ2n) is 4.44. The molecular formula is C12H20N4OS. The number of thioether (sulfide) groups is 1. The molecule has 3 N–H and O–H groups in total. The molecule has 1 aromatic heterocycles. The Kier molecular flexibility index (Phi) is 5.40. The summed E-state index contributed by atoms with van der Waals surface area (Å²) >= 11 is 1.70. The number of carbonyl (C=O) groups excluding carboxylic acids is 1. The summed E-state index contributed by atoms with van der Waals surface area (Å²) < 4.78 is 0. The van der Waals surface area contributed by atoms with Crippen LogP contribution in [0.2, 0.25) is 0 Å². The van der Waals surface area contributed by atoms with Crippen molar-refractivity contribution in [1.29, 1.82) is 0 Å². The van der Waals surface area contributed by atoms with Crippen molar-refractivity contribution in [1.82, 2.24) is 15.3 Å². The van der Waals surface area contributed by atoms with E-state index in [-0.39, 0.29) is 17.5 Å². The van der Waals surface area contributed by atoms with E-state index < -0.39 is 0 Å². The van der Waals surface area contributed by atoms with Crippen LogP contribution in [0.25, 0.3) is 0 Å². The van der Waals surface area contributed by atoms with E-state index >= 15 is 0 Å². The maximum atomic E-state index is 12.0. The van der Waals surface area contributed by atoms with Crippen LogP contribution in [0.4, 0.5) is 5.69 Å². The van der Waals surface area contributed by atoms with Crippen LogP contribution in [0.5, 0.6) is 0 Å². The normalized spacial score (nSPS) is 12.5. The third kappa shape index (κ3) is 3.87. The number of carbonyl (C=O) groups is 1. The fourth-order valence-corrected chi connectivity index (χ4v) is 1.52. The van der Waals surface area contributed by atoms with Crippen LogP contribution < -0.4 is 11.1 Å². The van der Waals surface area contributed by atoms with Crippen molar-refractivity contribution in [3.8, 4) is 0 Å². The van der Waals surface area contributed by atoms with Gasteiger partial charge in [-0.1, -0.05) is 20.8 Å². The number of hydrogen-bond acceptors (Lipinski definition) is 5. The lowest BCUT2D eigenvalue weighted by atomic mass is 10.2. The molecule has 0 aliphatic carbocycles. The standard InChI is InChI=1S/C12H20N4OS/c1-7(2)11-14-6-9(13)10(16-11)12(17)15-5-8(3)18-4/h6-8H,5,13H2,1-4H3,(H,15,17). The van der Waals surface area contributed by atoms with E-state index in [2.05, 4.69) is 15.3 Å². The molecule has 1 amide bonds. The van der Waals surface area contributed by atoms with Gasteiger partial charge in [-0.15, -0.1) is 0 Å². The average molecular weight is 268 g/mol. The first-order valence-corrected chi connectivity index (χ1v) is 7.17. The number of nitrogen functional groups attached to an aromatic ring is 1. The van der Waals surface area contributed by atoms with E-state index in [1.54, 1.807) is 11.8 Å². The van der Waals surface area contributed by atoms with Gasteiger partial charge in [-0.05, 0) is 6.26 Å². The lowest BCUT2D eigenvalue weighted by Gasteiger charge is -2.11. The monoisotopic (exact) mass is 268 g/mol. The SMILES string of the molecule is CSC(C)CNC(=O)c1nc(C(C)C)ncc1N. The van der Waals surface area contributed by atoms with Gasteiger partial charge in [-0.25, -0.2) is 9.97 Å². The van der Waals surface area contributed by atoms with Gasteiger partial charge in [0, 0.05) is 17.7 Å². The van der Waals surface area contributed by atoms with Gasteiger partial charge in [0.2, 0.25) is 0 Å². The van der Waals surface area contributed by atoms with Crippen LogP contribution in [0, 0.1) is 0 Å². The van der Waals surface area contributed by atoms with Gasteiger partial charge in [0.25, 0.3) is 5.91 Å². The van der Waals surface area contributed by atoms with Crippen LogP contribution in [0.1, 0.15) is 43.0 Å². The molecule has 1 rings (SSSR count). The first-order valence-electron chi connectivity index (χ1n) is 5.89.